The lowest BCUT2D eigenvalue weighted by Gasteiger charge is -2.07. The summed E-state index contributed by atoms with van der Waals surface area (Å²) in [4.78, 5) is 58.0. The lowest BCUT2D eigenvalue weighted by atomic mass is 10.1. The van der Waals surface area contributed by atoms with E-state index in [1.165, 1.54) is 58.8 Å². The maximum atomic E-state index is 11.1. The molecule has 0 saturated heterocycles. The number of hydrogen-bond donors (Lipinski definition) is 6. The molecule has 0 aliphatic carbocycles. The van der Waals surface area contributed by atoms with Crippen molar-refractivity contribution in [3.8, 4) is 11.4 Å². The van der Waals surface area contributed by atoms with Crippen LogP contribution in [0, 0.1) is 0 Å². The number of amides is 2. The summed E-state index contributed by atoms with van der Waals surface area (Å²) in [6.07, 6.45) is 13.4. The molecule has 0 aliphatic rings. The molecule has 0 bridgehead atoms. The smallest absolute Gasteiger partial charge is 0.234 e. The zero-order chi connectivity index (χ0) is 36.7. The number of nitrogen functional groups attached to an aromatic ring is 4. The first-order valence-corrected chi connectivity index (χ1v) is 16.9. The number of carbonyl (C=O) groups excluding carboxylic acids is 2. The quantitative estimate of drug-likeness (QED) is 0.0933. The minimum atomic E-state index is -0.260. The molecule has 3 aromatic heterocycles. The first-order chi connectivity index (χ1) is 24.0. The SMILES string of the molecule is CCCCCCCc1nc(N)nc(N)n1.CCCCCCCc1nc(NC(C)=O)nc(NC(C)=O)n1.Nc1nc(N)nc(-c2ccccc2)n1. The molecular formula is C33H51N15O2. The van der Waals surface area contributed by atoms with Crippen LogP contribution in [0.3, 0.4) is 0 Å². The number of hydrogen-bond acceptors (Lipinski definition) is 15. The molecule has 0 saturated carbocycles. The van der Waals surface area contributed by atoms with Gasteiger partial charge in [-0.05, 0) is 12.8 Å². The second-order valence-electron chi connectivity index (χ2n) is 11.3. The van der Waals surface area contributed by atoms with Gasteiger partial charge in [-0.15, -0.1) is 0 Å². The second kappa shape index (κ2) is 22.9. The molecule has 3 heterocycles. The van der Waals surface area contributed by atoms with E-state index in [1.54, 1.807) is 0 Å². The molecule has 10 N–H and O–H groups in total. The number of nitrogens with two attached hydrogens (primary N) is 4. The monoisotopic (exact) mass is 689 g/mol. The van der Waals surface area contributed by atoms with Crippen LogP contribution in [0.15, 0.2) is 30.3 Å². The molecule has 0 unspecified atom stereocenters. The molecule has 50 heavy (non-hydrogen) atoms. The average Bonchev–Trinajstić information content (AvgIpc) is 3.04. The molecule has 0 radical (unpaired) electrons. The van der Waals surface area contributed by atoms with E-state index >= 15 is 0 Å². The van der Waals surface area contributed by atoms with Crippen LogP contribution in [-0.2, 0) is 22.4 Å². The first kappa shape index (κ1) is 40.6. The second-order valence-corrected chi connectivity index (χ2v) is 11.3. The van der Waals surface area contributed by atoms with E-state index in [2.05, 4.69) is 69.3 Å². The number of carbonyl (C=O) groups is 2. The van der Waals surface area contributed by atoms with Gasteiger partial charge in [0.2, 0.25) is 47.5 Å². The van der Waals surface area contributed by atoms with E-state index in [0.29, 0.717) is 23.9 Å². The molecule has 2 amide bonds. The largest absolute Gasteiger partial charge is 0.368 e. The van der Waals surface area contributed by atoms with Crippen molar-refractivity contribution >= 4 is 47.5 Å². The minimum absolute atomic E-state index is 0.136. The Labute approximate surface area is 293 Å². The Morgan fingerprint density at radius 1 is 0.520 bits per heavy atom. The van der Waals surface area contributed by atoms with Gasteiger partial charge >= 0.3 is 0 Å². The standard InChI is InChI=1S/C14H23N5O2.C10H19N5.C9H9N5/c1-4-5-6-7-8-9-12-17-13(15-10(2)20)19-14(18-12)16-11(3)21;1-2-3-4-5-6-7-8-13-9(11)15-10(12)14-8;10-8-12-7(13-9(11)14-8)6-4-2-1-3-5-6/h4-9H2,1-3H3,(H2,15,16,17,18,19,20,21);2-7H2,1H3,(H4,11,12,13,14,15);1-5H,(H4,10,11,12,13,14). The van der Waals surface area contributed by atoms with Gasteiger partial charge in [0.1, 0.15) is 11.6 Å². The molecule has 17 heteroatoms. The van der Waals surface area contributed by atoms with Gasteiger partial charge in [0.25, 0.3) is 0 Å². The highest BCUT2D eigenvalue weighted by Crippen LogP contribution is 2.15. The molecule has 4 rings (SSSR count). The number of aromatic nitrogens is 9. The Hall–Kier alpha value is -5.61. The zero-order valence-electron chi connectivity index (χ0n) is 29.5. The lowest BCUT2D eigenvalue weighted by molar-refractivity contribution is -0.115. The molecule has 17 nitrogen and oxygen atoms in total. The van der Waals surface area contributed by atoms with Gasteiger partial charge in [-0.3, -0.25) is 20.2 Å². The number of rotatable bonds is 15. The summed E-state index contributed by atoms with van der Waals surface area (Å²) in [5.74, 6) is 2.30. The fourth-order valence-electron chi connectivity index (χ4n) is 4.43. The van der Waals surface area contributed by atoms with Crippen molar-refractivity contribution in [2.24, 2.45) is 0 Å². The van der Waals surface area contributed by atoms with Crippen LogP contribution in [0.2, 0.25) is 0 Å². The van der Waals surface area contributed by atoms with Gasteiger partial charge in [0, 0.05) is 32.3 Å². The van der Waals surface area contributed by atoms with Gasteiger partial charge < -0.3 is 22.9 Å². The highest BCUT2D eigenvalue weighted by Gasteiger charge is 2.09. The Morgan fingerprint density at radius 2 is 0.920 bits per heavy atom. The molecule has 4 aromatic rings. The summed E-state index contributed by atoms with van der Waals surface area (Å²) in [7, 11) is 0. The van der Waals surface area contributed by atoms with Crippen LogP contribution >= 0.6 is 0 Å². The number of unbranched alkanes of at least 4 members (excludes halogenated alkanes) is 8. The summed E-state index contributed by atoms with van der Waals surface area (Å²) in [6, 6.07) is 9.47. The number of benzene rings is 1. The summed E-state index contributed by atoms with van der Waals surface area (Å²) in [5, 5.41) is 5.03. The van der Waals surface area contributed by atoms with E-state index in [4.69, 9.17) is 22.9 Å². The summed E-state index contributed by atoms with van der Waals surface area (Å²) < 4.78 is 0. The maximum Gasteiger partial charge on any atom is 0.234 e. The van der Waals surface area contributed by atoms with Crippen molar-refractivity contribution in [2.75, 3.05) is 33.6 Å². The van der Waals surface area contributed by atoms with Crippen LogP contribution in [0.25, 0.3) is 11.4 Å². The Balaban J connectivity index is 0.000000267. The average molecular weight is 690 g/mol. The molecular weight excluding hydrogens is 638 g/mol. The fraction of sp³-hybridized carbons (Fsp3) is 0.485. The van der Waals surface area contributed by atoms with Crippen molar-refractivity contribution in [1.82, 2.24) is 44.9 Å². The van der Waals surface area contributed by atoms with Crippen molar-refractivity contribution in [1.29, 1.82) is 0 Å². The van der Waals surface area contributed by atoms with Crippen LogP contribution < -0.4 is 33.6 Å². The number of nitrogens with one attached hydrogen (secondary N) is 2. The van der Waals surface area contributed by atoms with Crippen molar-refractivity contribution in [3.05, 3.63) is 42.0 Å². The van der Waals surface area contributed by atoms with E-state index in [1.807, 2.05) is 30.3 Å². The van der Waals surface area contributed by atoms with Crippen molar-refractivity contribution in [3.63, 3.8) is 0 Å². The summed E-state index contributed by atoms with van der Waals surface area (Å²) in [5.41, 5.74) is 22.7. The van der Waals surface area contributed by atoms with Gasteiger partial charge in [0.15, 0.2) is 5.82 Å². The van der Waals surface area contributed by atoms with Gasteiger partial charge in [-0.25, -0.2) is 0 Å². The topological polar surface area (TPSA) is 278 Å². The third-order valence-electron chi connectivity index (χ3n) is 6.68. The van der Waals surface area contributed by atoms with Crippen LogP contribution in [0.4, 0.5) is 35.7 Å². The maximum absolute atomic E-state index is 11.1. The molecule has 270 valence electrons. The number of nitrogens with zero attached hydrogens (tertiary/aromatic N) is 9. The van der Waals surface area contributed by atoms with Crippen molar-refractivity contribution < 1.29 is 9.59 Å². The summed E-state index contributed by atoms with van der Waals surface area (Å²) in [6.45, 7) is 7.14. The molecule has 1 aromatic carbocycles. The summed E-state index contributed by atoms with van der Waals surface area (Å²) >= 11 is 0. The third-order valence-corrected chi connectivity index (χ3v) is 6.68. The number of aryl methyl sites for hydroxylation is 2. The van der Waals surface area contributed by atoms with E-state index in [-0.39, 0.29) is 47.5 Å². The van der Waals surface area contributed by atoms with E-state index in [0.717, 1.165) is 31.2 Å². The Kier molecular flexibility index (Phi) is 18.6. The zero-order valence-corrected chi connectivity index (χ0v) is 29.5. The van der Waals surface area contributed by atoms with E-state index in [9.17, 15) is 9.59 Å². The van der Waals surface area contributed by atoms with Crippen LogP contribution in [0.5, 0.6) is 0 Å². The lowest BCUT2D eigenvalue weighted by Crippen LogP contribution is -2.16. The predicted octanol–water partition coefficient (Wildman–Crippen LogP) is 4.55. The highest BCUT2D eigenvalue weighted by molar-refractivity contribution is 5.88. The van der Waals surface area contributed by atoms with Crippen molar-refractivity contribution in [2.45, 2.75) is 105 Å². The number of anilines is 6. The van der Waals surface area contributed by atoms with Crippen LogP contribution in [0.1, 0.15) is 104 Å². The predicted molar refractivity (Wildman–Crippen MR) is 196 cm³/mol. The Bertz CT molecular complexity index is 1530. The van der Waals surface area contributed by atoms with Gasteiger partial charge in [-0.1, -0.05) is 95.5 Å². The first-order valence-electron chi connectivity index (χ1n) is 16.9. The molecule has 0 spiro atoms. The fourth-order valence-corrected chi connectivity index (χ4v) is 4.43. The van der Waals surface area contributed by atoms with Gasteiger partial charge in [-0.2, -0.15) is 44.9 Å². The highest BCUT2D eigenvalue weighted by atomic mass is 16.2. The third kappa shape index (κ3) is 17.5. The molecule has 0 fully saturated rings. The molecule has 0 aliphatic heterocycles. The van der Waals surface area contributed by atoms with E-state index < -0.39 is 0 Å². The minimum Gasteiger partial charge on any atom is -0.368 e. The molecule has 0 atom stereocenters. The normalized spacial score (nSPS) is 10.2. The Morgan fingerprint density at radius 3 is 1.34 bits per heavy atom. The van der Waals surface area contributed by atoms with Gasteiger partial charge in [0.05, 0.1) is 0 Å². The van der Waals surface area contributed by atoms with Crippen LogP contribution in [-0.4, -0.2) is 56.7 Å².